The average Bonchev–Trinajstić information content (AvgIpc) is 2.92. The fourth-order valence-corrected chi connectivity index (χ4v) is 2.89. The highest BCUT2D eigenvalue weighted by molar-refractivity contribution is 9.10. The number of likely N-dealkylation sites (N-methyl/N-ethyl adjacent to an activating group) is 1. The highest BCUT2D eigenvalue weighted by Crippen LogP contribution is 2.30. The van der Waals surface area contributed by atoms with Crippen molar-refractivity contribution in [1.82, 2.24) is 0 Å². The number of nitrogens with zero attached hydrogens (tertiary/aromatic N) is 1. The Morgan fingerprint density at radius 2 is 2.35 bits per heavy atom. The molecule has 110 valence electrons. The molecule has 4 nitrogen and oxygen atoms in total. The van der Waals surface area contributed by atoms with Crippen molar-refractivity contribution in [2.24, 2.45) is 0 Å². The van der Waals surface area contributed by atoms with E-state index in [1.54, 1.807) is 0 Å². The first-order chi connectivity index (χ1) is 9.54. The van der Waals surface area contributed by atoms with Gasteiger partial charge in [0.15, 0.2) is 5.82 Å². The second-order valence-electron chi connectivity index (χ2n) is 4.74. The van der Waals surface area contributed by atoms with Crippen molar-refractivity contribution < 1.29 is 19.0 Å². The number of anilines is 1. The van der Waals surface area contributed by atoms with E-state index in [0.29, 0.717) is 18.8 Å². The van der Waals surface area contributed by atoms with Crippen LogP contribution in [0.5, 0.6) is 0 Å². The Labute approximate surface area is 125 Å². The Hall–Kier alpha value is -1.14. The Balaban J connectivity index is 2.25. The van der Waals surface area contributed by atoms with Crippen LogP contribution in [0, 0.1) is 5.82 Å². The minimum atomic E-state index is -1.15. The molecule has 1 atom stereocenters. The predicted octanol–water partition coefficient (Wildman–Crippen LogP) is 3.29. The number of halogens is 2. The Morgan fingerprint density at radius 1 is 1.60 bits per heavy atom. The van der Waals surface area contributed by atoms with Crippen LogP contribution in [0.4, 0.5) is 10.1 Å². The summed E-state index contributed by atoms with van der Waals surface area (Å²) in [6, 6.07) is 2.94. The zero-order valence-electron chi connectivity index (χ0n) is 11.2. The molecule has 0 radical (unpaired) electrons. The normalized spacial score (nSPS) is 18.2. The van der Waals surface area contributed by atoms with E-state index in [1.807, 2.05) is 11.8 Å². The van der Waals surface area contributed by atoms with E-state index >= 15 is 0 Å². The number of carbonyl (C=O) groups is 1. The molecule has 1 heterocycles. The lowest BCUT2D eigenvalue weighted by Gasteiger charge is -2.27. The Bertz CT molecular complexity index is 503. The lowest BCUT2D eigenvalue weighted by atomic mass is 10.1. The molecule has 1 aromatic rings. The lowest BCUT2D eigenvalue weighted by molar-refractivity contribution is 0.0695. The van der Waals surface area contributed by atoms with E-state index in [-0.39, 0.29) is 16.1 Å². The summed E-state index contributed by atoms with van der Waals surface area (Å²) in [4.78, 5) is 12.8. The van der Waals surface area contributed by atoms with Gasteiger partial charge in [-0.15, -0.1) is 0 Å². The van der Waals surface area contributed by atoms with Gasteiger partial charge in [0.05, 0.1) is 21.8 Å². The van der Waals surface area contributed by atoms with E-state index in [4.69, 9.17) is 9.84 Å². The molecule has 0 bridgehead atoms. The molecule has 0 amide bonds. The molecule has 1 N–H and O–H groups in total. The first-order valence-electron chi connectivity index (χ1n) is 6.62. The minimum absolute atomic E-state index is 0.00621. The third-order valence-corrected chi connectivity index (χ3v) is 4.24. The summed E-state index contributed by atoms with van der Waals surface area (Å²) < 4.78 is 19.9. The predicted molar refractivity (Wildman–Crippen MR) is 77.9 cm³/mol. The van der Waals surface area contributed by atoms with Gasteiger partial charge < -0.3 is 14.7 Å². The van der Waals surface area contributed by atoms with Gasteiger partial charge in [-0.1, -0.05) is 0 Å². The van der Waals surface area contributed by atoms with Gasteiger partial charge in [0.2, 0.25) is 0 Å². The maximum atomic E-state index is 14.3. The number of hydrogen-bond acceptors (Lipinski definition) is 3. The zero-order valence-corrected chi connectivity index (χ0v) is 12.8. The number of ether oxygens (including phenoxy) is 1. The molecule has 1 aliphatic rings. The molecular weight excluding hydrogens is 329 g/mol. The molecule has 0 aliphatic carbocycles. The van der Waals surface area contributed by atoms with Crippen LogP contribution >= 0.6 is 15.9 Å². The molecule has 1 fully saturated rings. The van der Waals surface area contributed by atoms with Crippen molar-refractivity contribution in [3.05, 3.63) is 28.0 Å². The standard InChI is InChI=1S/C14H17BrFNO3/c1-2-17(8-9-4-3-7-20-9)11-6-5-10(14(18)19)12(15)13(11)16/h5-6,9H,2-4,7-8H2,1H3,(H,18,19). The highest BCUT2D eigenvalue weighted by atomic mass is 79.9. The van der Waals surface area contributed by atoms with Gasteiger partial charge in [-0.2, -0.15) is 0 Å². The minimum Gasteiger partial charge on any atom is -0.478 e. The van der Waals surface area contributed by atoms with E-state index in [1.165, 1.54) is 12.1 Å². The zero-order chi connectivity index (χ0) is 14.7. The molecule has 1 aliphatic heterocycles. The van der Waals surface area contributed by atoms with Gasteiger partial charge in [-0.3, -0.25) is 0 Å². The van der Waals surface area contributed by atoms with Crippen LogP contribution in [-0.2, 0) is 4.74 Å². The summed E-state index contributed by atoms with van der Waals surface area (Å²) in [5, 5.41) is 8.98. The Morgan fingerprint density at radius 3 is 2.90 bits per heavy atom. The first-order valence-corrected chi connectivity index (χ1v) is 7.41. The van der Waals surface area contributed by atoms with Crippen molar-refractivity contribution in [2.75, 3.05) is 24.6 Å². The summed E-state index contributed by atoms with van der Waals surface area (Å²) >= 11 is 3.03. The number of benzene rings is 1. The third kappa shape index (κ3) is 3.12. The van der Waals surface area contributed by atoms with Crippen molar-refractivity contribution in [1.29, 1.82) is 0 Å². The second-order valence-corrected chi connectivity index (χ2v) is 5.53. The quantitative estimate of drug-likeness (QED) is 0.889. The summed E-state index contributed by atoms with van der Waals surface area (Å²) in [5.74, 6) is -1.69. The average molecular weight is 346 g/mol. The molecular formula is C14H17BrFNO3. The molecule has 2 rings (SSSR count). The van der Waals surface area contributed by atoms with Crippen LogP contribution < -0.4 is 4.90 Å². The number of carboxylic acids is 1. The van der Waals surface area contributed by atoms with Crippen LogP contribution in [0.15, 0.2) is 16.6 Å². The fraction of sp³-hybridized carbons (Fsp3) is 0.500. The highest BCUT2D eigenvalue weighted by Gasteiger charge is 2.23. The lowest BCUT2D eigenvalue weighted by Crippen LogP contribution is -2.32. The van der Waals surface area contributed by atoms with Gasteiger partial charge in [0, 0.05) is 19.7 Å². The Kier molecular flexibility index (Phi) is 4.99. The molecule has 1 aromatic carbocycles. The summed E-state index contributed by atoms with van der Waals surface area (Å²) in [7, 11) is 0. The monoisotopic (exact) mass is 345 g/mol. The van der Waals surface area contributed by atoms with Gasteiger partial charge in [-0.05, 0) is 47.8 Å². The second kappa shape index (κ2) is 6.54. The van der Waals surface area contributed by atoms with Gasteiger partial charge in [0.25, 0.3) is 0 Å². The summed E-state index contributed by atoms with van der Waals surface area (Å²) in [5.41, 5.74) is 0.333. The number of hydrogen-bond donors (Lipinski definition) is 1. The molecule has 6 heteroatoms. The molecule has 1 saturated heterocycles. The van der Waals surface area contributed by atoms with Crippen molar-refractivity contribution in [3.63, 3.8) is 0 Å². The van der Waals surface area contributed by atoms with E-state index in [0.717, 1.165) is 19.4 Å². The molecule has 1 unspecified atom stereocenters. The topological polar surface area (TPSA) is 49.8 Å². The van der Waals surface area contributed by atoms with Gasteiger partial charge in [0.1, 0.15) is 0 Å². The number of carboxylic acid groups (broad SMARTS) is 1. The third-order valence-electron chi connectivity index (χ3n) is 3.46. The van der Waals surface area contributed by atoms with E-state index in [2.05, 4.69) is 15.9 Å². The molecule has 0 saturated carbocycles. The van der Waals surface area contributed by atoms with Crippen LogP contribution in [0.1, 0.15) is 30.1 Å². The van der Waals surface area contributed by atoms with E-state index < -0.39 is 11.8 Å². The number of aromatic carboxylic acids is 1. The van der Waals surface area contributed by atoms with Gasteiger partial charge >= 0.3 is 5.97 Å². The summed E-state index contributed by atoms with van der Waals surface area (Å²) in [6.07, 6.45) is 2.13. The van der Waals surface area contributed by atoms with Crippen LogP contribution in [0.3, 0.4) is 0 Å². The van der Waals surface area contributed by atoms with Gasteiger partial charge in [-0.25, -0.2) is 9.18 Å². The SMILES string of the molecule is CCN(CC1CCCO1)c1ccc(C(=O)O)c(Br)c1F. The van der Waals surface area contributed by atoms with Crippen LogP contribution in [0.2, 0.25) is 0 Å². The van der Waals surface area contributed by atoms with E-state index in [9.17, 15) is 9.18 Å². The van der Waals surface area contributed by atoms with Crippen molar-refractivity contribution in [2.45, 2.75) is 25.9 Å². The van der Waals surface area contributed by atoms with Crippen molar-refractivity contribution >= 4 is 27.6 Å². The number of rotatable bonds is 5. The first kappa shape index (κ1) is 15.3. The van der Waals surface area contributed by atoms with Crippen LogP contribution in [0.25, 0.3) is 0 Å². The van der Waals surface area contributed by atoms with Crippen LogP contribution in [-0.4, -0.2) is 36.9 Å². The fourth-order valence-electron chi connectivity index (χ4n) is 2.38. The van der Waals surface area contributed by atoms with Crippen molar-refractivity contribution in [3.8, 4) is 0 Å². The largest absolute Gasteiger partial charge is 0.478 e. The molecule has 20 heavy (non-hydrogen) atoms. The molecule has 0 spiro atoms. The maximum absolute atomic E-state index is 14.3. The smallest absolute Gasteiger partial charge is 0.336 e. The molecule has 0 aromatic heterocycles. The maximum Gasteiger partial charge on any atom is 0.336 e. The summed E-state index contributed by atoms with van der Waals surface area (Å²) in [6.45, 7) is 3.95.